The van der Waals surface area contributed by atoms with Crippen LogP contribution in [0.3, 0.4) is 0 Å². The first-order valence-corrected chi connectivity index (χ1v) is 6.39. The van der Waals surface area contributed by atoms with Crippen LogP contribution < -0.4 is 5.32 Å². The van der Waals surface area contributed by atoms with Crippen LogP contribution in [0.15, 0.2) is 35.1 Å². The molecule has 1 atom stereocenters. The van der Waals surface area contributed by atoms with Crippen molar-refractivity contribution in [3.05, 3.63) is 46.2 Å². The van der Waals surface area contributed by atoms with Crippen molar-refractivity contribution in [2.75, 3.05) is 7.05 Å². The number of nitrogens with zero attached hydrogens (tertiary/aromatic N) is 2. The molecule has 0 aliphatic carbocycles. The zero-order chi connectivity index (χ0) is 12.4. The summed E-state index contributed by atoms with van der Waals surface area (Å²) in [7, 11) is 1.96. The summed E-state index contributed by atoms with van der Waals surface area (Å²) in [6, 6.07) is 6.69. The van der Waals surface area contributed by atoms with Gasteiger partial charge in [-0.2, -0.15) is 5.10 Å². The Morgan fingerprint density at radius 3 is 2.71 bits per heavy atom. The summed E-state index contributed by atoms with van der Waals surface area (Å²) in [4.78, 5) is 0. The van der Waals surface area contributed by atoms with Gasteiger partial charge in [-0.05, 0) is 60.1 Å². The fraction of sp³-hybridized carbons (Fsp3) is 0.308. The van der Waals surface area contributed by atoms with Gasteiger partial charge in [0.05, 0.1) is 11.9 Å². The maximum atomic E-state index is 4.31. The van der Waals surface area contributed by atoms with Crippen molar-refractivity contribution in [1.82, 2.24) is 15.1 Å². The smallest absolute Gasteiger partial charge is 0.0787 e. The first-order chi connectivity index (χ1) is 8.11. The quantitative estimate of drug-likeness (QED) is 0.942. The molecule has 4 heteroatoms. The van der Waals surface area contributed by atoms with E-state index in [1.165, 1.54) is 5.56 Å². The molecule has 1 unspecified atom stereocenters. The van der Waals surface area contributed by atoms with Gasteiger partial charge in [0.25, 0.3) is 0 Å². The number of aryl methyl sites for hydroxylation is 1. The van der Waals surface area contributed by atoms with Gasteiger partial charge in [-0.15, -0.1) is 0 Å². The fourth-order valence-electron chi connectivity index (χ4n) is 1.69. The monoisotopic (exact) mass is 293 g/mol. The van der Waals surface area contributed by atoms with Gasteiger partial charge in [-0.3, -0.25) is 0 Å². The third-order valence-electron chi connectivity index (χ3n) is 2.86. The molecule has 0 amide bonds. The number of rotatable bonds is 3. The number of halogens is 1. The van der Waals surface area contributed by atoms with E-state index in [9.17, 15) is 0 Å². The third kappa shape index (κ3) is 2.58. The summed E-state index contributed by atoms with van der Waals surface area (Å²) >= 11 is 3.60. The standard InChI is InChI=1S/C13H16BrN3/c1-9-7-16-17(8-9)13-5-4-11(6-12(13)14)10(2)15-3/h4-8,10,15H,1-3H3. The van der Waals surface area contributed by atoms with E-state index in [0.29, 0.717) is 6.04 Å². The molecule has 1 heterocycles. The molecule has 0 radical (unpaired) electrons. The van der Waals surface area contributed by atoms with Gasteiger partial charge >= 0.3 is 0 Å². The Morgan fingerprint density at radius 1 is 1.41 bits per heavy atom. The van der Waals surface area contributed by atoms with E-state index in [0.717, 1.165) is 15.7 Å². The van der Waals surface area contributed by atoms with Crippen molar-refractivity contribution in [1.29, 1.82) is 0 Å². The van der Waals surface area contributed by atoms with Crippen LogP contribution in [0, 0.1) is 6.92 Å². The van der Waals surface area contributed by atoms with E-state index < -0.39 is 0 Å². The van der Waals surface area contributed by atoms with Gasteiger partial charge in [-0.1, -0.05) is 6.07 Å². The summed E-state index contributed by atoms with van der Waals surface area (Å²) in [6.07, 6.45) is 3.87. The minimum Gasteiger partial charge on any atom is -0.313 e. The van der Waals surface area contributed by atoms with E-state index in [2.05, 4.69) is 51.5 Å². The number of nitrogens with one attached hydrogen (secondary N) is 1. The van der Waals surface area contributed by atoms with E-state index in [-0.39, 0.29) is 0 Å². The molecule has 17 heavy (non-hydrogen) atoms. The molecule has 3 nitrogen and oxygen atoms in total. The Bertz CT molecular complexity index is 519. The van der Waals surface area contributed by atoms with Crippen LogP contribution in [0.2, 0.25) is 0 Å². The molecular weight excluding hydrogens is 278 g/mol. The van der Waals surface area contributed by atoms with E-state index in [1.54, 1.807) is 0 Å². The van der Waals surface area contributed by atoms with Crippen LogP contribution in [0.5, 0.6) is 0 Å². The van der Waals surface area contributed by atoms with Crippen molar-refractivity contribution in [3.63, 3.8) is 0 Å². The van der Waals surface area contributed by atoms with E-state index in [4.69, 9.17) is 0 Å². The highest BCUT2D eigenvalue weighted by Crippen LogP contribution is 2.25. The first-order valence-electron chi connectivity index (χ1n) is 5.60. The summed E-state index contributed by atoms with van der Waals surface area (Å²) in [5, 5.41) is 7.54. The topological polar surface area (TPSA) is 29.9 Å². The van der Waals surface area contributed by atoms with Crippen molar-refractivity contribution < 1.29 is 0 Å². The van der Waals surface area contributed by atoms with Gasteiger partial charge in [-0.25, -0.2) is 4.68 Å². The molecule has 0 aliphatic heterocycles. The molecule has 0 bridgehead atoms. The molecule has 1 N–H and O–H groups in total. The Kier molecular flexibility index (Phi) is 3.64. The molecule has 0 saturated carbocycles. The molecule has 0 fully saturated rings. The second kappa shape index (κ2) is 5.02. The highest BCUT2D eigenvalue weighted by molar-refractivity contribution is 9.10. The highest BCUT2D eigenvalue weighted by atomic mass is 79.9. The van der Waals surface area contributed by atoms with Crippen LogP contribution in [0.1, 0.15) is 24.1 Å². The lowest BCUT2D eigenvalue weighted by atomic mass is 10.1. The van der Waals surface area contributed by atoms with Crippen molar-refractivity contribution in [2.45, 2.75) is 19.9 Å². The number of aromatic nitrogens is 2. The number of hydrogen-bond donors (Lipinski definition) is 1. The molecule has 0 spiro atoms. The molecule has 90 valence electrons. The lowest BCUT2D eigenvalue weighted by molar-refractivity contribution is 0.651. The van der Waals surface area contributed by atoms with Crippen molar-refractivity contribution in [3.8, 4) is 5.69 Å². The summed E-state index contributed by atoms with van der Waals surface area (Å²) < 4.78 is 2.94. The molecule has 2 aromatic rings. The Balaban J connectivity index is 2.38. The van der Waals surface area contributed by atoms with Crippen LogP contribution >= 0.6 is 15.9 Å². The van der Waals surface area contributed by atoms with Crippen molar-refractivity contribution >= 4 is 15.9 Å². The maximum Gasteiger partial charge on any atom is 0.0787 e. The molecule has 2 rings (SSSR count). The van der Waals surface area contributed by atoms with Gasteiger partial charge < -0.3 is 5.32 Å². The normalized spacial score (nSPS) is 12.7. The SMILES string of the molecule is CNC(C)c1ccc(-n2cc(C)cn2)c(Br)c1. The first kappa shape index (κ1) is 12.3. The third-order valence-corrected chi connectivity index (χ3v) is 3.50. The second-order valence-corrected chi connectivity index (χ2v) is 5.04. The molecular formula is C13H16BrN3. The zero-order valence-electron chi connectivity index (χ0n) is 10.2. The predicted octanol–water partition coefficient (Wildman–Crippen LogP) is 3.22. The summed E-state index contributed by atoms with van der Waals surface area (Å²) in [5.41, 5.74) is 3.47. The van der Waals surface area contributed by atoms with E-state index >= 15 is 0 Å². The van der Waals surface area contributed by atoms with Crippen LogP contribution in [0.25, 0.3) is 5.69 Å². The van der Waals surface area contributed by atoms with Gasteiger partial charge in [0.1, 0.15) is 0 Å². The highest BCUT2D eigenvalue weighted by Gasteiger charge is 2.08. The Morgan fingerprint density at radius 2 is 2.18 bits per heavy atom. The number of hydrogen-bond acceptors (Lipinski definition) is 2. The summed E-state index contributed by atoms with van der Waals surface area (Å²) in [5.74, 6) is 0. The van der Waals surface area contributed by atoms with Crippen LogP contribution in [-0.4, -0.2) is 16.8 Å². The summed E-state index contributed by atoms with van der Waals surface area (Å²) in [6.45, 7) is 4.17. The van der Waals surface area contributed by atoms with Crippen LogP contribution in [-0.2, 0) is 0 Å². The average Bonchev–Trinajstić information content (AvgIpc) is 2.74. The van der Waals surface area contributed by atoms with Gasteiger partial charge in [0, 0.05) is 16.7 Å². The number of benzene rings is 1. The molecule has 0 saturated heterocycles. The van der Waals surface area contributed by atoms with Crippen molar-refractivity contribution in [2.24, 2.45) is 0 Å². The lowest BCUT2D eigenvalue weighted by Gasteiger charge is -2.13. The van der Waals surface area contributed by atoms with E-state index in [1.807, 2.05) is 31.0 Å². The Hall–Kier alpha value is -1.13. The predicted molar refractivity (Wildman–Crippen MR) is 73.5 cm³/mol. The molecule has 0 aliphatic rings. The largest absolute Gasteiger partial charge is 0.313 e. The van der Waals surface area contributed by atoms with Gasteiger partial charge in [0.2, 0.25) is 0 Å². The lowest BCUT2D eigenvalue weighted by Crippen LogP contribution is -2.12. The fourth-order valence-corrected chi connectivity index (χ4v) is 2.27. The minimum absolute atomic E-state index is 0.347. The average molecular weight is 294 g/mol. The zero-order valence-corrected chi connectivity index (χ0v) is 11.8. The second-order valence-electron chi connectivity index (χ2n) is 4.18. The minimum atomic E-state index is 0.347. The molecule has 1 aromatic carbocycles. The van der Waals surface area contributed by atoms with Crippen LogP contribution in [0.4, 0.5) is 0 Å². The maximum absolute atomic E-state index is 4.31. The molecule has 1 aromatic heterocycles. The Labute approximate surface area is 110 Å². The van der Waals surface area contributed by atoms with Gasteiger partial charge in [0.15, 0.2) is 0 Å².